The average molecular weight is 298 g/mol. The molecule has 3 N–H and O–H groups in total. The van der Waals surface area contributed by atoms with Crippen LogP contribution in [-0.2, 0) is 10.0 Å². The molecule has 0 aliphatic heterocycles. The number of nitrogens with two attached hydrogens (primary N) is 1. The third kappa shape index (κ3) is 3.11. The van der Waals surface area contributed by atoms with Crippen LogP contribution in [0.4, 0.5) is 5.82 Å². The minimum atomic E-state index is -3.48. The van der Waals surface area contributed by atoms with Crippen LogP contribution in [0.2, 0.25) is 0 Å². The van der Waals surface area contributed by atoms with Crippen molar-refractivity contribution < 1.29 is 8.42 Å². The van der Waals surface area contributed by atoms with Gasteiger partial charge in [-0.05, 0) is 30.9 Å². The van der Waals surface area contributed by atoms with Crippen LogP contribution < -0.4 is 11.3 Å². The van der Waals surface area contributed by atoms with E-state index in [1.54, 1.807) is 13.1 Å². The van der Waals surface area contributed by atoms with Crippen molar-refractivity contribution in [1.82, 2.24) is 9.29 Å². The van der Waals surface area contributed by atoms with Crippen LogP contribution in [0.15, 0.2) is 23.2 Å². The fourth-order valence-electron chi connectivity index (χ4n) is 2.71. The van der Waals surface area contributed by atoms with Crippen molar-refractivity contribution in [3.63, 3.8) is 0 Å². The second kappa shape index (κ2) is 6.07. The molecule has 0 bridgehead atoms. The molecular formula is C13H22N4O2S. The summed E-state index contributed by atoms with van der Waals surface area (Å²) < 4.78 is 26.6. The first-order valence-corrected chi connectivity index (χ1v) is 8.30. The van der Waals surface area contributed by atoms with E-state index in [1.807, 2.05) is 0 Å². The van der Waals surface area contributed by atoms with E-state index in [-0.39, 0.29) is 10.9 Å². The van der Waals surface area contributed by atoms with E-state index in [1.165, 1.54) is 23.0 Å². The molecule has 0 saturated heterocycles. The number of hydrogen-bond acceptors (Lipinski definition) is 5. The number of anilines is 1. The van der Waals surface area contributed by atoms with Crippen molar-refractivity contribution in [3.05, 3.63) is 18.3 Å². The predicted octanol–water partition coefficient (Wildman–Crippen LogP) is 1.57. The Morgan fingerprint density at radius 2 is 2.15 bits per heavy atom. The lowest BCUT2D eigenvalue weighted by Gasteiger charge is -2.33. The highest BCUT2D eigenvalue weighted by molar-refractivity contribution is 7.89. The monoisotopic (exact) mass is 298 g/mol. The number of sulfonamides is 1. The molecule has 2 atom stereocenters. The third-order valence-electron chi connectivity index (χ3n) is 3.98. The molecule has 0 amide bonds. The molecule has 112 valence electrons. The molecule has 0 radical (unpaired) electrons. The molecule has 0 spiro atoms. The minimum absolute atomic E-state index is 0.0797. The molecule has 1 aliphatic carbocycles. The zero-order valence-electron chi connectivity index (χ0n) is 11.9. The van der Waals surface area contributed by atoms with E-state index < -0.39 is 10.0 Å². The number of nitrogens with zero attached hydrogens (tertiary/aromatic N) is 2. The van der Waals surface area contributed by atoms with Gasteiger partial charge in [-0.25, -0.2) is 19.2 Å². The summed E-state index contributed by atoms with van der Waals surface area (Å²) in [6.45, 7) is 2.18. The summed E-state index contributed by atoms with van der Waals surface area (Å²) in [6, 6.07) is 3.17. The molecule has 1 fully saturated rings. The van der Waals surface area contributed by atoms with Gasteiger partial charge in [0, 0.05) is 19.3 Å². The molecule has 2 rings (SSSR count). The highest BCUT2D eigenvalue weighted by Crippen LogP contribution is 2.29. The van der Waals surface area contributed by atoms with Gasteiger partial charge >= 0.3 is 0 Å². The Morgan fingerprint density at radius 1 is 1.40 bits per heavy atom. The van der Waals surface area contributed by atoms with Crippen molar-refractivity contribution in [2.45, 2.75) is 43.5 Å². The van der Waals surface area contributed by atoms with E-state index >= 15 is 0 Å². The van der Waals surface area contributed by atoms with E-state index in [2.05, 4.69) is 17.3 Å². The van der Waals surface area contributed by atoms with Gasteiger partial charge in [0.25, 0.3) is 0 Å². The molecule has 1 aromatic heterocycles. The molecule has 1 aromatic rings. The molecule has 0 aromatic carbocycles. The van der Waals surface area contributed by atoms with Gasteiger partial charge in [-0.15, -0.1) is 0 Å². The first-order valence-electron chi connectivity index (χ1n) is 6.86. The largest absolute Gasteiger partial charge is 0.308 e. The Labute approximate surface area is 120 Å². The van der Waals surface area contributed by atoms with Crippen LogP contribution in [0.25, 0.3) is 0 Å². The lowest BCUT2D eigenvalue weighted by atomic mass is 9.87. The van der Waals surface area contributed by atoms with Crippen LogP contribution in [0, 0.1) is 5.92 Å². The molecule has 20 heavy (non-hydrogen) atoms. The average Bonchev–Trinajstić information content (AvgIpc) is 2.46. The molecule has 1 aliphatic rings. The summed E-state index contributed by atoms with van der Waals surface area (Å²) in [5, 5.41) is 0. The number of hydrogen-bond donors (Lipinski definition) is 2. The van der Waals surface area contributed by atoms with E-state index in [9.17, 15) is 8.42 Å². The number of hydrazine groups is 1. The van der Waals surface area contributed by atoms with Crippen LogP contribution in [0.3, 0.4) is 0 Å². The highest BCUT2D eigenvalue weighted by Gasteiger charge is 2.31. The Balaban J connectivity index is 2.19. The molecule has 1 saturated carbocycles. The summed E-state index contributed by atoms with van der Waals surface area (Å²) in [7, 11) is -1.82. The van der Waals surface area contributed by atoms with Gasteiger partial charge in [0.05, 0.1) is 0 Å². The Hall–Kier alpha value is -1.18. The summed E-state index contributed by atoms with van der Waals surface area (Å²) in [6.07, 6.45) is 5.46. The predicted molar refractivity (Wildman–Crippen MR) is 78.4 cm³/mol. The maximum absolute atomic E-state index is 12.6. The van der Waals surface area contributed by atoms with Crippen molar-refractivity contribution in [2.24, 2.45) is 11.8 Å². The lowest BCUT2D eigenvalue weighted by Crippen LogP contribution is -2.39. The van der Waals surface area contributed by atoms with Gasteiger partial charge in [-0.3, -0.25) is 0 Å². The lowest BCUT2D eigenvalue weighted by molar-refractivity contribution is 0.239. The smallest absolute Gasteiger partial charge is 0.244 e. The van der Waals surface area contributed by atoms with Crippen LogP contribution in [0.1, 0.15) is 32.6 Å². The summed E-state index contributed by atoms with van der Waals surface area (Å²) in [4.78, 5) is 4.17. The molecule has 2 unspecified atom stereocenters. The summed E-state index contributed by atoms with van der Waals surface area (Å²) in [5.74, 6) is 6.25. The van der Waals surface area contributed by atoms with Gasteiger partial charge in [0.15, 0.2) is 0 Å². The zero-order valence-corrected chi connectivity index (χ0v) is 12.7. The van der Waals surface area contributed by atoms with Gasteiger partial charge in [0.2, 0.25) is 10.0 Å². The normalized spacial score (nSPS) is 23.8. The van der Waals surface area contributed by atoms with Crippen molar-refractivity contribution in [1.29, 1.82) is 0 Å². The van der Waals surface area contributed by atoms with E-state index in [0.29, 0.717) is 11.7 Å². The topological polar surface area (TPSA) is 88.3 Å². The number of aromatic nitrogens is 1. The van der Waals surface area contributed by atoms with E-state index in [0.717, 1.165) is 19.3 Å². The second-order valence-corrected chi connectivity index (χ2v) is 7.47. The Morgan fingerprint density at radius 3 is 2.70 bits per heavy atom. The second-order valence-electron chi connectivity index (χ2n) is 5.47. The minimum Gasteiger partial charge on any atom is -0.308 e. The van der Waals surface area contributed by atoms with Crippen LogP contribution in [-0.4, -0.2) is 30.8 Å². The Kier molecular flexibility index (Phi) is 4.62. The standard InChI is InChI=1S/C13H22N4O2S/c1-10-4-3-5-11(8-10)17(2)20(18,19)12-6-7-13(16-14)15-9-12/h6-7,9-11H,3-5,8,14H2,1-2H3,(H,15,16). The number of rotatable bonds is 4. The van der Waals surface area contributed by atoms with Crippen LogP contribution >= 0.6 is 0 Å². The van der Waals surface area contributed by atoms with Crippen molar-refractivity contribution in [3.8, 4) is 0 Å². The zero-order chi connectivity index (χ0) is 14.8. The first-order chi connectivity index (χ1) is 9.45. The van der Waals surface area contributed by atoms with Gasteiger partial charge < -0.3 is 5.43 Å². The van der Waals surface area contributed by atoms with Gasteiger partial charge in [-0.2, -0.15) is 4.31 Å². The third-order valence-corrected chi connectivity index (χ3v) is 5.88. The molecular weight excluding hydrogens is 276 g/mol. The maximum Gasteiger partial charge on any atom is 0.244 e. The van der Waals surface area contributed by atoms with E-state index in [4.69, 9.17) is 5.84 Å². The number of pyridine rings is 1. The molecule has 6 nitrogen and oxygen atoms in total. The number of nitrogen functional groups attached to an aromatic ring is 1. The highest BCUT2D eigenvalue weighted by atomic mass is 32.2. The summed E-state index contributed by atoms with van der Waals surface area (Å²) >= 11 is 0. The van der Waals surface area contributed by atoms with Crippen molar-refractivity contribution >= 4 is 15.8 Å². The summed E-state index contributed by atoms with van der Waals surface area (Å²) in [5.41, 5.74) is 2.38. The van der Waals surface area contributed by atoms with Crippen LogP contribution in [0.5, 0.6) is 0 Å². The van der Waals surface area contributed by atoms with Gasteiger partial charge in [0.1, 0.15) is 10.7 Å². The first kappa shape index (κ1) is 15.2. The SMILES string of the molecule is CC1CCCC(N(C)S(=O)(=O)c2ccc(NN)nc2)C1. The number of nitrogens with one attached hydrogen (secondary N) is 1. The molecule has 7 heteroatoms. The fourth-order valence-corrected chi connectivity index (χ4v) is 4.06. The quantitative estimate of drug-likeness (QED) is 0.650. The Bertz CT molecular complexity index is 544. The van der Waals surface area contributed by atoms with Crippen molar-refractivity contribution in [2.75, 3.05) is 12.5 Å². The van der Waals surface area contributed by atoms with Gasteiger partial charge in [-0.1, -0.05) is 19.8 Å². The molecule has 1 heterocycles. The fraction of sp³-hybridized carbons (Fsp3) is 0.615. The maximum atomic E-state index is 12.6.